The van der Waals surface area contributed by atoms with E-state index in [4.69, 9.17) is 9.47 Å². The first-order valence-electron chi connectivity index (χ1n) is 7.83. The summed E-state index contributed by atoms with van der Waals surface area (Å²) < 4.78 is 10.4. The van der Waals surface area contributed by atoms with E-state index in [0.717, 1.165) is 32.5 Å². The molecular weight excluding hydrogens is 280 g/mol. The van der Waals surface area contributed by atoms with Crippen molar-refractivity contribution in [1.29, 1.82) is 0 Å². The van der Waals surface area contributed by atoms with E-state index in [-0.39, 0.29) is 17.7 Å². The van der Waals surface area contributed by atoms with Gasteiger partial charge in [-0.15, -0.1) is 0 Å². The van der Waals surface area contributed by atoms with E-state index in [2.05, 4.69) is 34.5 Å². The second-order valence-electron chi connectivity index (χ2n) is 5.71. The summed E-state index contributed by atoms with van der Waals surface area (Å²) in [5.74, 6) is 0.124. The van der Waals surface area contributed by atoms with Crippen LogP contribution < -0.4 is 5.32 Å². The van der Waals surface area contributed by atoms with Crippen molar-refractivity contribution in [1.82, 2.24) is 10.2 Å². The lowest BCUT2D eigenvalue weighted by Gasteiger charge is -2.32. The van der Waals surface area contributed by atoms with Crippen molar-refractivity contribution < 1.29 is 14.3 Å². The molecule has 0 atom stereocenters. The maximum Gasteiger partial charge on any atom is 0.289 e. The second kappa shape index (κ2) is 7.31. The highest BCUT2D eigenvalue weighted by molar-refractivity contribution is 5.91. The van der Waals surface area contributed by atoms with Crippen molar-refractivity contribution in [2.24, 2.45) is 0 Å². The van der Waals surface area contributed by atoms with Crippen LogP contribution in [-0.4, -0.2) is 43.2 Å². The Hall–Kier alpha value is -2.01. The third-order valence-electron chi connectivity index (χ3n) is 4.04. The minimum absolute atomic E-state index is 0.166. The number of carbonyl (C=O) groups is 1. The lowest BCUT2D eigenvalue weighted by atomic mass is 10.0. The summed E-state index contributed by atoms with van der Waals surface area (Å²) in [5, 5.41) is 3.03. The predicted molar refractivity (Wildman–Crippen MR) is 82.9 cm³/mol. The van der Waals surface area contributed by atoms with E-state index in [1.807, 2.05) is 6.07 Å². The molecule has 0 spiro atoms. The third kappa shape index (κ3) is 4.01. The molecule has 2 aliphatic rings. The van der Waals surface area contributed by atoms with Gasteiger partial charge in [0.2, 0.25) is 5.76 Å². The van der Waals surface area contributed by atoms with Gasteiger partial charge in [-0.25, -0.2) is 0 Å². The molecule has 5 heteroatoms. The highest BCUT2D eigenvalue weighted by Gasteiger charge is 2.23. The molecule has 0 aliphatic carbocycles. The maximum absolute atomic E-state index is 12.0. The van der Waals surface area contributed by atoms with Crippen LogP contribution in [0.3, 0.4) is 0 Å². The molecule has 0 unspecified atom stereocenters. The van der Waals surface area contributed by atoms with Crippen LogP contribution in [0.25, 0.3) is 0 Å². The first-order valence-corrected chi connectivity index (χ1v) is 7.83. The number of nitrogens with one attached hydrogen (secondary N) is 1. The fourth-order valence-corrected chi connectivity index (χ4v) is 2.82. The van der Waals surface area contributed by atoms with Crippen molar-refractivity contribution in [3.8, 4) is 0 Å². The minimum Gasteiger partial charge on any atom is -0.494 e. The van der Waals surface area contributed by atoms with E-state index in [9.17, 15) is 4.79 Å². The SMILES string of the molecule is O=C(NC1CCN(Cc2ccccc2)CC1)C1=COCCO1. The van der Waals surface area contributed by atoms with Gasteiger partial charge in [0.05, 0.1) is 0 Å². The fraction of sp³-hybridized carbons (Fsp3) is 0.471. The van der Waals surface area contributed by atoms with Gasteiger partial charge in [-0.2, -0.15) is 0 Å². The van der Waals surface area contributed by atoms with E-state index >= 15 is 0 Å². The Morgan fingerprint density at radius 2 is 1.95 bits per heavy atom. The molecule has 1 aromatic carbocycles. The minimum atomic E-state index is -0.166. The van der Waals surface area contributed by atoms with Gasteiger partial charge in [0.1, 0.15) is 19.5 Å². The van der Waals surface area contributed by atoms with Gasteiger partial charge in [-0.1, -0.05) is 30.3 Å². The van der Waals surface area contributed by atoms with Gasteiger partial charge >= 0.3 is 0 Å². The van der Waals surface area contributed by atoms with Crippen molar-refractivity contribution in [3.05, 3.63) is 47.9 Å². The summed E-state index contributed by atoms with van der Waals surface area (Å²) in [6.45, 7) is 3.92. The molecule has 0 bridgehead atoms. The third-order valence-corrected chi connectivity index (χ3v) is 4.04. The number of amides is 1. The molecular formula is C17H22N2O3. The maximum atomic E-state index is 12.0. The Morgan fingerprint density at radius 1 is 1.18 bits per heavy atom. The zero-order valence-corrected chi connectivity index (χ0v) is 12.7. The number of hydrogen-bond donors (Lipinski definition) is 1. The lowest BCUT2D eigenvalue weighted by Crippen LogP contribution is -2.45. The summed E-state index contributed by atoms with van der Waals surface area (Å²) in [5.41, 5.74) is 1.34. The molecule has 3 rings (SSSR count). The molecule has 2 aliphatic heterocycles. The number of benzene rings is 1. The van der Waals surface area contributed by atoms with Gasteiger partial charge in [0.15, 0.2) is 0 Å². The highest BCUT2D eigenvalue weighted by Crippen LogP contribution is 2.15. The zero-order chi connectivity index (χ0) is 15.2. The van der Waals surface area contributed by atoms with Crippen molar-refractivity contribution in [2.75, 3.05) is 26.3 Å². The monoisotopic (exact) mass is 302 g/mol. The van der Waals surface area contributed by atoms with E-state index < -0.39 is 0 Å². The Kier molecular flexibility index (Phi) is 4.96. The molecule has 2 heterocycles. The van der Waals surface area contributed by atoms with Gasteiger partial charge in [-0.3, -0.25) is 9.69 Å². The van der Waals surface area contributed by atoms with Gasteiger partial charge in [0, 0.05) is 25.7 Å². The standard InChI is InChI=1S/C17H22N2O3/c20-17(16-13-21-10-11-22-16)18-15-6-8-19(9-7-15)12-14-4-2-1-3-5-14/h1-5,13,15H,6-12H2,(H,18,20). The number of hydrogen-bond acceptors (Lipinski definition) is 4. The van der Waals surface area contributed by atoms with E-state index in [1.54, 1.807) is 0 Å². The first kappa shape index (κ1) is 14.9. The van der Waals surface area contributed by atoms with Crippen LogP contribution in [0, 0.1) is 0 Å². The van der Waals surface area contributed by atoms with Crippen LogP contribution in [0.1, 0.15) is 18.4 Å². The highest BCUT2D eigenvalue weighted by atomic mass is 16.6. The number of piperidine rings is 1. The van der Waals surface area contributed by atoms with Crippen molar-refractivity contribution in [3.63, 3.8) is 0 Å². The molecule has 0 saturated carbocycles. The molecule has 1 fully saturated rings. The number of likely N-dealkylation sites (tertiary alicyclic amines) is 1. The van der Waals surface area contributed by atoms with Crippen LogP contribution in [-0.2, 0) is 20.8 Å². The number of nitrogens with zero attached hydrogens (tertiary/aromatic N) is 1. The molecule has 118 valence electrons. The molecule has 0 aromatic heterocycles. The number of rotatable bonds is 4. The average Bonchev–Trinajstić information content (AvgIpc) is 2.58. The molecule has 22 heavy (non-hydrogen) atoms. The molecule has 0 radical (unpaired) electrons. The van der Waals surface area contributed by atoms with Crippen LogP contribution >= 0.6 is 0 Å². The van der Waals surface area contributed by atoms with Crippen molar-refractivity contribution in [2.45, 2.75) is 25.4 Å². The molecule has 1 amide bonds. The van der Waals surface area contributed by atoms with E-state index in [0.29, 0.717) is 13.2 Å². The van der Waals surface area contributed by atoms with Crippen LogP contribution in [0.5, 0.6) is 0 Å². The quantitative estimate of drug-likeness (QED) is 0.919. The normalized spacial score (nSPS) is 19.7. The Balaban J connectivity index is 1.43. The average molecular weight is 302 g/mol. The number of carbonyl (C=O) groups excluding carboxylic acids is 1. The Labute approximate surface area is 130 Å². The molecule has 1 saturated heterocycles. The summed E-state index contributed by atoms with van der Waals surface area (Å²) in [7, 11) is 0. The Bertz CT molecular complexity index is 522. The molecule has 1 N–H and O–H groups in total. The fourth-order valence-electron chi connectivity index (χ4n) is 2.82. The summed E-state index contributed by atoms with van der Waals surface area (Å²) in [6, 6.07) is 10.7. The van der Waals surface area contributed by atoms with Crippen LogP contribution in [0.2, 0.25) is 0 Å². The smallest absolute Gasteiger partial charge is 0.289 e. The largest absolute Gasteiger partial charge is 0.494 e. The van der Waals surface area contributed by atoms with Crippen LogP contribution in [0.15, 0.2) is 42.4 Å². The second-order valence-corrected chi connectivity index (χ2v) is 5.71. The first-order chi connectivity index (χ1) is 10.8. The molecule has 5 nitrogen and oxygen atoms in total. The summed E-state index contributed by atoms with van der Waals surface area (Å²) >= 11 is 0. The Morgan fingerprint density at radius 3 is 2.64 bits per heavy atom. The summed E-state index contributed by atoms with van der Waals surface area (Å²) in [4.78, 5) is 14.5. The topological polar surface area (TPSA) is 50.8 Å². The van der Waals surface area contributed by atoms with Gasteiger partial charge in [-0.05, 0) is 18.4 Å². The van der Waals surface area contributed by atoms with Crippen LogP contribution in [0.4, 0.5) is 0 Å². The summed E-state index contributed by atoms with van der Waals surface area (Å²) in [6.07, 6.45) is 3.34. The zero-order valence-electron chi connectivity index (χ0n) is 12.7. The lowest BCUT2D eigenvalue weighted by molar-refractivity contribution is -0.123. The van der Waals surface area contributed by atoms with Crippen molar-refractivity contribution >= 4 is 5.91 Å². The van der Waals surface area contributed by atoms with Gasteiger partial charge in [0.25, 0.3) is 5.91 Å². The van der Waals surface area contributed by atoms with Gasteiger partial charge < -0.3 is 14.8 Å². The molecule has 1 aromatic rings. The predicted octanol–water partition coefficient (Wildman–Crippen LogP) is 1.66. The number of ether oxygens (including phenoxy) is 2. The van der Waals surface area contributed by atoms with E-state index in [1.165, 1.54) is 11.8 Å².